The van der Waals surface area contributed by atoms with Crippen LogP contribution in [0, 0.1) is 0 Å². The lowest BCUT2D eigenvalue weighted by molar-refractivity contribution is -0.00172. The van der Waals surface area contributed by atoms with Crippen molar-refractivity contribution < 1.29 is 23.8 Å². The highest BCUT2D eigenvalue weighted by Gasteiger charge is 2.41. The molecule has 184 valence electrons. The lowest BCUT2D eigenvalue weighted by Gasteiger charge is -2.28. The molecule has 1 aliphatic carbocycles. The summed E-state index contributed by atoms with van der Waals surface area (Å²) in [5, 5.41) is 9.49. The van der Waals surface area contributed by atoms with Gasteiger partial charge in [-0.15, -0.1) is 0 Å². The van der Waals surface area contributed by atoms with Crippen molar-refractivity contribution in [3.8, 4) is 5.75 Å². The molecule has 3 heterocycles. The van der Waals surface area contributed by atoms with Crippen molar-refractivity contribution in [1.29, 1.82) is 0 Å². The molecular weight excluding hydrogens is 446 g/mol. The molecule has 1 N–H and O–H groups in total. The molecule has 1 aliphatic heterocycles. The Morgan fingerprint density at radius 2 is 1.91 bits per heavy atom. The maximum absolute atomic E-state index is 12.8. The number of ether oxygens (including phenoxy) is 2. The molecule has 0 bridgehead atoms. The van der Waals surface area contributed by atoms with Gasteiger partial charge in [0.1, 0.15) is 18.0 Å². The molecule has 1 unspecified atom stereocenters. The fourth-order valence-electron chi connectivity index (χ4n) is 5.51. The number of aromatic nitrogens is 1. The molecule has 7 heteroatoms. The van der Waals surface area contributed by atoms with E-state index in [2.05, 4.69) is 12.1 Å². The van der Waals surface area contributed by atoms with Crippen LogP contribution in [0.2, 0.25) is 0 Å². The number of nitrogens with zero attached hydrogens (tertiary/aromatic N) is 1. The highest BCUT2D eigenvalue weighted by atomic mass is 16.5. The van der Waals surface area contributed by atoms with Crippen LogP contribution in [-0.2, 0) is 23.3 Å². The Bertz CT molecular complexity index is 1210. The number of hydrogen-bond donors (Lipinski definition) is 1. The molecule has 2 fully saturated rings. The summed E-state index contributed by atoms with van der Waals surface area (Å²) in [6.45, 7) is 1.38. The minimum absolute atomic E-state index is 0.103. The summed E-state index contributed by atoms with van der Waals surface area (Å²) >= 11 is 0. The van der Waals surface area contributed by atoms with Crippen LogP contribution in [-0.4, -0.2) is 28.9 Å². The first-order valence-corrected chi connectivity index (χ1v) is 12.4. The largest absolute Gasteiger partial charge is 0.492 e. The van der Waals surface area contributed by atoms with Crippen molar-refractivity contribution in [2.45, 2.75) is 63.0 Å². The van der Waals surface area contributed by atoms with Crippen LogP contribution in [0.4, 0.5) is 0 Å². The van der Waals surface area contributed by atoms with Gasteiger partial charge in [-0.2, -0.15) is 0 Å². The molecular formula is C28H31NO6. The first kappa shape index (κ1) is 23.4. The molecule has 35 heavy (non-hydrogen) atoms. The fourth-order valence-corrected chi connectivity index (χ4v) is 5.51. The second-order valence-electron chi connectivity index (χ2n) is 9.56. The molecule has 5 rings (SSSR count). The quantitative estimate of drug-likeness (QED) is 0.460. The minimum Gasteiger partial charge on any atom is -0.492 e. The third-order valence-electron chi connectivity index (χ3n) is 7.31. The minimum atomic E-state index is -1.12. The fraction of sp³-hybridized carbons (Fsp3) is 0.429. The average molecular weight is 478 g/mol. The predicted molar refractivity (Wildman–Crippen MR) is 130 cm³/mol. The third kappa shape index (κ3) is 5.05. The molecule has 7 nitrogen and oxygen atoms in total. The van der Waals surface area contributed by atoms with Crippen LogP contribution in [0.1, 0.15) is 71.7 Å². The van der Waals surface area contributed by atoms with Gasteiger partial charge in [0.2, 0.25) is 5.76 Å². The molecule has 3 aromatic rings. The summed E-state index contributed by atoms with van der Waals surface area (Å²) in [7, 11) is 0. The maximum atomic E-state index is 12.8. The Kier molecular flexibility index (Phi) is 6.77. The zero-order valence-electron chi connectivity index (χ0n) is 19.8. The molecule has 1 saturated carbocycles. The number of pyridine rings is 1. The number of rotatable bonds is 9. The van der Waals surface area contributed by atoms with Gasteiger partial charge in [-0.05, 0) is 67.0 Å². The smallest absolute Gasteiger partial charge is 0.372 e. The molecule has 2 aromatic heterocycles. The highest BCUT2D eigenvalue weighted by molar-refractivity contribution is 5.86. The van der Waals surface area contributed by atoms with Crippen LogP contribution in [0.3, 0.4) is 0 Å². The highest BCUT2D eigenvalue weighted by Crippen LogP contribution is 2.41. The normalized spacial score (nSPS) is 20.3. The van der Waals surface area contributed by atoms with Gasteiger partial charge in [-0.25, -0.2) is 4.79 Å². The second kappa shape index (κ2) is 10.1. The van der Waals surface area contributed by atoms with E-state index in [4.69, 9.17) is 13.9 Å². The van der Waals surface area contributed by atoms with E-state index in [0.29, 0.717) is 44.1 Å². The van der Waals surface area contributed by atoms with E-state index in [0.717, 1.165) is 17.7 Å². The summed E-state index contributed by atoms with van der Waals surface area (Å²) in [6.07, 6.45) is 10.2. The van der Waals surface area contributed by atoms with E-state index in [1.807, 2.05) is 18.2 Å². The Labute approximate surface area is 204 Å². The molecule has 1 aromatic carbocycles. The Balaban J connectivity index is 1.22. The molecule has 0 amide bonds. The van der Waals surface area contributed by atoms with Gasteiger partial charge in [0.05, 0.1) is 12.8 Å². The summed E-state index contributed by atoms with van der Waals surface area (Å²) < 4.78 is 18.7. The van der Waals surface area contributed by atoms with E-state index in [-0.39, 0.29) is 11.3 Å². The van der Waals surface area contributed by atoms with E-state index in [9.17, 15) is 14.7 Å². The van der Waals surface area contributed by atoms with Gasteiger partial charge in [0, 0.05) is 30.9 Å². The zero-order chi connectivity index (χ0) is 24.3. The van der Waals surface area contributed by atoms with E-state index in [1.165, 1.54) is 37.5 Å². The standard InChI is InChI=1S/C28H31NO6/c30-25-18-20(19-28(12-3-15-35-28)24-11-16-34-26(24)27(31)32)10-13-29(25)14-17-33-23-8-6-22(7-9-23)21-4-1-2-5-21/h6-11,13,16,18,21H,1-5,12,14-15,17,19H2,(H,31,32). The van der Waals surface area contributed by atoms with Crippen molar-refractivity contribution >= 4 is 5.97 Å². The van der Waals surface area contributed by atoms with E-state index >= 15 is 0 Å². The SMILES string of the molecule is O=C(O)c1occc1C1(Cc2ccn(CCOc3ccc(C4CCCC4)cc3)c(=O)c2)CCCO1. The van der Waals surface area contributed by atoms with Crippen LogP contribution < -0.4 is 10.3 Å². The van der Waals surface area contributed by atoms with Crippen LogP contribution in [0.25, 0.3) is 0 Å². The predicted octanol–water partition coefficient (Wildman–Crippen LogP) is 5.12. The maximum Gasteiger partial charge on any atom is 0.372 e. The number of hydrogen-bond acceptors (Lipinski definition) is 5. The number of benzene rings is 1. The van der Waals surface area contributed by atoms with Gasteiger partial charge in [-0.1, -0.05) is 25.0 Å². The summed E-state index contributed by atoms with van der Waals surface area (Å²) in [6, 6.07) is 13.5. The van der Waals surface area contributed by atoms with E-state index < -0.39 is 11.6 Å². The lowest BCUT2D eigenvalue weighted by Crippen LogP contribution is -2.30. The lowest BCUT2D eigenvalue weighted by atomic mass is 9.85. The van der Waals surface area contributed by atoms with Gasteiger partial charge in [-0.3, -0.25) is 4.79 Å². The van der Waals surface area contributed by atoms with Crippen molar-refractivity contribution in [2.75, 3.05) is 13.2 Å². The second-order valence-corrected chi connectivity index (χ2v) is 9.56. The number of carboxylic acid groups (broad SMARTS) is 1. The molecule has 1 saturated heterocycles. The first-order valence-electron chi connectivity index (χ1n) is 12.4. The number of furan rings is 1. The summed E-state index contributed by atoms with van der Waals surface area (Å²) in [4.78, 5) is 24.4. The molecule has 2 aliphatic rings. The van der Waals surface area contributed by atoms with Crippen molar-refractivity contribution in [3.05, 3.63) is 87.7 Å². The Morgan fingerprint density at radius 1 is 1.11 bits per heavy atom. The van der Waals surface area contributed by atoms with Crippen molar-refractivity contribution in [2.24, 2.45) is 0 Å². The van der Waals surface area contributed by atoms with Gasteiger partial charge in [0.25, 0.3) is 5.56 Å². The number of carboxylic acids is 1. The summed E-state index contributed by atoms with van der Waals surface area (Å²) in [5.74, 6) is 0.266. The number of carbonyl (C=O) groups is 1. The average Bonchev–Trinajstić information content (AvgIpc) is 3.63. The van der Waals surface area contributed by atoms with Crippen LogP contribution in [0.5, 0.6) is 5.75 Å². The van der Waals surface area contributed by atoms with Gasteiger partial charge in [0.15, 0.2) is 0 Å². The van der Waals surface area contributed by atoms with Crippen molar-refractivity contribution in [3.63, 3.8) is 0 Å². The Morgan fingerprint density at radius 3 is 2.60 bits per heavy atom. The summed E-state index contributed by atoms with van der Waals surface area (Å²) in [5.41, 5.74) is 1.79. The molecule has 1 atom stereocenters. The van der Waals surface area contributed by atoms with Gasteiger partial charge < -0.3 is 23.6 Å². The van der Waals surface area contributed by atoms with Gasteiger partial charge >= 0.3 is 5.97 Å². The third-order valence-corrected chi connectivity index (χ3v) is 7.31. The van der Waals surface area contributed by atoms with Crippen LogP contribution >= 0.6 is 0 Å². The zero-order valence-corrected chi connectivity index (χ0v) is 19.8. The topological polar surface area (TPSA) is 90.9 Å². The molecule has 0 radical (unpaired) electrons. The first-order chi connectivity index (χ1) is 17.0. The van der Waals surface area contributed by atoms with E-state index in [1.54, 1.807) is 22.9 Å². The van der Waals surface area contributed by atoms with Crippen LogP contribution in [0.15, 0.2) is 64.1 Å². The monoisotopic (exact) mass is 477 g/mol. The van der Waals surface area contributed by atoms with Crippen molar-refractivity contribution in [1.82, 2.24) is 4.57 Å². The molecule has 0 spiro atoms. The number of aromatic carboxylic acids is 1. The Hall–Kier alpha value is -3.32.